The van der Waals surface area contributed by atoms with Crippen LogP contribution < -0.4 is 10.6 Å². The molecule has 0 saturated carbocycles. The number of pyridine rings is 1. The second kappa shape index (κ2) is 7.55. The minimum atomic E-state index is -0.518. The first-order valence-corrected chi connectivity index (χ1v) is 6.48. The van der Waals surface area contributed by atoms with Crippen molar-refractivity contribution in [1.82, 2.24) is 10.3 Å². The monoisotopic (exact) mass is 296 g/mol. The average molecular weight is 296 g/mol. The summed E-state index contributed by atoms with van der Waals surface area (Å²) in [4.78, 5) is 15.8. The van der Waals surface area contributed by atoms with Gasteiger partial charge in [0.25, 0.3) is 5.91 Å². The molecule has 0 aliphatic rings. The lowest BCUT2D eigenvalue weighted by Gasteiger charge is -2.05. The van der Waals surface area contributed by atoms with Gasteiger partial charge < -0.3 is 10.6 Å². The summed E-state index contributed by atoms with van der Waals surface area (Å²) in [6.45, 7) is 0.270. The van der Waals surface area contributed by atoms with Crippen molar-refractivity contribution in [3.8, 4) is 6.07 Å². The molecule has 2 N–H and O–H groups in total. The molecule has 1 heterocycles. The van der Waals surface area contributed by atoms with Crippen molar-refractivity contribution in [3.05, 3.63) is 71.9 Å². The Kier molecular flexibility index (Phi) is 5.21. The first-order valence-electron chi connectivity index (χ1n) is 6.48. The highest BCUT2D eigenvalue weighted by atomic mass is 19.1. The van der Waals surface area contributed by atoms with Crippen LogP contribution in [0.1, 0.15) is 5.56 Å². The van der Waals surface area contributed by atoms with Crippen molar-refractivity contribution >= 4 is 11.6 Å². The summed E-state index contributed by atoms with van der Waals surface area (Å²) in [5.41, 5.74) is 1.17. The number of hydrogen-bond donors (Lipinski definition) is 2. The molecule has 0 fully saturated rings. The van der Waals surface area contributed by atoms with Crippen LogP contribution in [0.15, 0.2) is 60.6 Å². The van der Waals surface area contributed by atoms with Crippen LogP contribution in [0, 0.1) is 17.1 Å². The Morgan fingerprint density at radius 1 is 1.36 bits per heavy atom. The fraction of sp³-hybridized carbons (Fsp3) is 0.0625. The van der Waals surface area contributed by atoms with E-state index in [0.29, 0.717) is 5.69 Å². The average Bonchev–Trinajstić information content (AvgIpc) is 2.54. The van der Waals surface area contributed by atoms with Crippen molar-refractivity contribution in [2.75, 3.05) is 5.32 Å². The Bertz CT molecular complexity index is 722. The van der Waals surface area contributed by atoms with Gasteiger partial charge in [0.15, 0.2) is 0 Å². The highest BCUT2D eigenvalue weighted by Crippen LogP contribution is 2.09. The maximum atomic E-state index is 13.0. The molecule has 110 valence electrons. The number of amides is 1. The molecule has 0 saturated heterocycles. The summed E-state index contributed by atoms with van der Waals surface area (Å²) in [5, 5.41) is 14.4. The van der Waals surface area contributed by atoms with E-state index >= 15 is 0 Å². The number of nitrogens with one attached hydrogen (secondary N) is 2. The molecule has 0 aliphatic heterocycles. The predicted octanol–water partition coefficient (Wildman–Crippen LogP) is 2.36. The summed E-state index contributed by atoms with van der Waals surface area (Å²) >= 11 is 0. The Morgan fingerprint density at radius 3 is 2.91 bits per heavy atom. The zero-order valence-electron chi connectivity index (χ0n) is 11.6. The number of hydrogen-bond acceptors (Lipinski definition) is 4. The maximum absolute atomic E-state index is 13.0. The standard InChI is InChI=1S/C16H13FN4O/c17-14-4-1-5-15(7-14)20-11-13(8-18)16(22)21-10-12-3-2-6-19-9-12/h1-7,9,11,20H,10H2,(H,21,22)/b13-11-. The fourth-order valence-electron chi connectivity index (χ4n) is 1.66. The van der Waals surface area contributed by atoms with Crippen LogP contribution in [0.25, 0.3) is 0 Å². The Balaban J connectivity index is 1.97. The highest BCUT2D eigenvalue weighted by Gasteiger charge is 2.08. The summed E-state index contributed by atoms with van der Waals surface area (Å²) in [6.07, 6.45) is 4.50. The quantitative estimate of drug-likeness (QED) is 0.656. The number of halogens is 1. The second-order valence-electron chi connectivity index (χ2n) is 4.37. The van der Waals surface area contributed by atoms with Crippen LogP contribution in [0.2, 0.25) is 0 Å². The number of aromatic nitrogens is 1. The molecule has 0 unspecified atom stereocenters. The number of nitriles is 1. The minimum Gasteiger partial charge on any atom is -0.360 e. The number of anilines is 1. The van der Waals surface area contributed by atoms with Crippen LogP contribution in [0.5, 0.6) is 0 Å². The molecule has 1 amide bonds. The Labute approximate surface area is 127 Å². The van der Waals surface area contributed by atoms with E-state index in [1.54, 1.807) is 30.6 Å². The molecule has 0 atom stereocenters. The van der Waals surface area contributed by atoms with E-state index in [0.717, 1.165) is 5.56 Å². The molecule has 0 spiro atoms. The topological polar surface area (TPSA) is 77.8 Å². The van der Waals surface area contributed by atoms with E-state index in [2.05, 4.69) is 15.6 Å². The van der Waals surface area contributed by atoms with Gasteiger partial charge in [-0.15, -0.1) is 0 Å². The van der Waals surface area contributed by atoms with Gasteiger partial charge in [0.05, 0.1) is 0 Å². The van der Waals surface area contributed by atoms with E-state index in [1.165, 1.54) is 24.4 Å². The molecule has 0 radical (unpaired) electrons. The van der Waals surface area contributed by atoms with Crippen molar-refractivity contribution in [2.24, 2.45) is 0 Å². The minimum absolute atomic E-state index is 0.104. The summed E-state index contributed by atoms with van der Waals surface area (Å²) in [7, 11) is 0. The third-order valence-corrected chi connectivity index (χ3v) is 2.75. The van der Waals surface area contributed by atoms with Crippen LogP contribution in [0.4, 0.5) is 10.1 Å². The molecular formula is C16H13FN4O. The summed E-state index contributed by atoms with van der Waals surface area (Å²) < 4.78 is 13.0. The molecule has 1 aromatic carbocycles. The highest BCUT2D eigenvalue weighted by molar-refractivity contribution is 5.97. The molecule has 22 heavy (non-hydrogen) atoms. The van der Waals surface area contributed by atoms with Gasteiger partial charge in [0.2, 0.25) is 0 Å². The lowest BCUT2D eigenvalue weighted by Crippen LogP contribution is -2.24. The normalized spacial score (nSPS) is 10.6. The summed E-state index contributed by atoms with van der Waals surface area (Å²) in [5.74, 6) is -0.923. The maximum Gasteiger partial charge on any atom is 0.263 e. The van der Waals surface area contributed by atoms with Crippen LogP contribution in [-0.2, 0) is 11.3 Å². The molecule has 5 nitrogen and oxygen atoms in total. The first kappa shape index (κ1) is 15.2. The molecule has 2 rings (SSSR count). The molecule has 1 aromatic heterocycles. The smallest absolute Gasteiger partial charge is 0.263 e. The number of carbonyl (C=O) groups excluding carboxylic acids is 1. The third-order valence-electron chi connectivity index (χ3n) is 2.75. The van der Waals surface area contributed by atoms with Gasteiger partial charge in [-0.1, -0.05) is 12.1 Å². The molecular weight excluding hydrogens is 283 g/mol. The number of carbonyl (C=O) groups is 1. The number of benzene rings is 1. The second-order valence-corrected chi connectivity index (χ2v) is 4.37. The van der Waals surface area contributed by atoms with E-state index in [1.807, 2.05) is 6.07 Å². The Morgan fingerprint density at radius 2 is 2.23 bits per heavy atom. The zero-order valence-corrected chi connectivity index (χ0v) is 11.6. The lowest BCUT2D eigenvalue weighted by molar-refractivity contribution is -0.117. The molecule has 2 aromatic rings. The van der Waals surface area contributed by atoms with Crippen LogP contribution >= 0.6 is 0 Å². The molecule has 0 bridgehead atoms. The van der Waals surface area contributed by atoms with Crippen LogP contribution in [0.3, 0.4) is 0 Å². The fourth-order valence-corrected chi connectivity index (χ4v) is 1.66. The molecule has 0 aliphatic carbocycles. The number of nitrogens with zero attached hydrogens (tertiary/aromatic N) is 2. The van der Waals surface area contributed by atoms with Gasteiger partial charge in [-0.3, -0.25) is 9.78 Å². The number of rotatable bonds is 5. The van der Waals surface area contributed by atoms with Gasteiger partial charge in [-0.25, -0.2) is 4.39 Å². The van der Waals surface area contributed by atoms with Gasteiger partial charge in [-0.2, -0.15) is 5.26 Å². The van der Waals surface area contributed by atoms with Gasteiger partial charge in [0, 0.05) is 30.8 Å². The van der Waals surface area contributed by atoms with Gasteiger partial charge >= 0.3 is 0 Å². The van der Waals surface area contributed by atoms with Crippen LogP contribution in [-0.4, -0.2) is 10.9 Å². The van der Waals surface area contributed by atoms with E-state index < -0.39 is 11.7 Å². The Hall–Kier alpha value is -3.20. The van der Waals surface area contributed by atoms with E-state index in [-0.39, 0.29) is 12.1 Å². The van der Waals surface area contributed by atoms with Gasteiger partial charge in [0.1, 0.15) is 17.5 Å². The zero-order chi connectivity index (χ0) is 15.8. The molecule has 6 heteroatoms. The SMILES string of the molecule is N#C/C(=C/Nc1cccc(F)c1)C(=O)NCc1cccnc1. The predicted molar refractivity (Wildman–Crippen MR) is 79.8 cm³/mol. The van der Waals surface area contributed by atoms with E-state index in [9.17, 15) is 9.18 Å². The van der Waals surface area contributed by atoms with Crippen molar-refractivity contribution < 1.29 is 9.18 Å². The van der Waals surface area contributed by atoms with Gasteiger partial charge in [-0.05, 0) is 29.8 Å². The summed E-state index contributed by atoms with van der Waals surface area (Å²) in [6, 6.07) is 11.1. The lowest BCUT2D eigenvalue weighted by atomic mass is 10.2. The first-order chi connectivity index (χ1) is 10.7. The third kappa shape index (κ3) is 4.42. The van der Waals surface area contributed by atoms with Crippen molar-refractivity contribution in [1.29, 1.82) is 5.26 Å². The largest absolute Gasteiger partial charge is 0.360 e. The van der Waals surface area contributed by atoms with Crippen molar-refractivity contribution in [3.63, 3.8) is 0 Å². The van der Waals surface area contributed by atoms with E-state index in [4.69, 9.17) is 5.26 Å². The van der Waals surface area contributed by atoms with Crippen molar-refractivity contribution in [2.45, 2.75) is 6.54 Å².